The first-order chi connectivity index (χ1) is 20.2. The van der Waals surface area contributed by atoms with Crippen LogP contribution in [0.1, 0.15) is 55.8 Å². The number of hydrogen-bond acceptors (Lipinski definition) is 5. The molecule has 1 aromatic heterocycles. The molecular formula is C34H32ClFN4O2. The van der Waals surface area contributed by atoms with Crippen LogP contribution in [-0.2, 0) is 4.79 Å². The number of Topliss-reactive ketones (excluding diaryl/α,β-unsaturated/α-hetero) is 1. The second-order valence-electron chi connectivity index (χ2n) is 11.8. The Morgan fingerprint density at radius 3 is 2.48 bits per heavy atom. The first-order valence-electron chi connectivity index (χ1n) is 14.5. The molecule has 0 radical (unpaired) electrons. The minimum atomic E-state index is -1.67. The lowest BCUT2D eigenvalue weighted by Gasteiger charge is -2.43. The van der Waals surface area contributed by atoms with Crippen molar-refractivity contribution in [3.05, 3.63) is 77.4 Å². The zero-order chi connectivity index (χ0) is 29.5. The van der Waals surface area contributed by atoms with E-state index < -0.39 is 11.3 Å². The highest BCUT2D eigenvalue weighted by atomic mass is 35.5. The number of pyridine rings is 1. The van der Waals surface area contributed by atoms with Crippen LogP contribution in [0, 0.1) is 11.3 Å². The van der Waals surface area contributed by atoms with Gasteiger partial charge in [0.2, 0.25) is 5.91 Å². The molecule has 6 nitrogen and oxygen atoms in total. The Hall–Kier alpha value is -3.86. The van der Waals surface area contributed by atoms with Crippen molar-refractivity contribution in [1.29, 1.82) is 5.26 Å². The first kappa shape index (κ1) is 28.3. The second-order valence-corrected chi connectivity index (χ2v) is 12.2. The van der Waals surface area contributed by atoms with Crippen LogP contribution in [0.25, 0.3) is 32.8 Å². The summed E-state index contributed by atoms with van der Waals surface area (Å²) >= 11 is 6.14. The maximum absolute atomic E-state index is 15.3. The van der Waals surface area contributed by atoms with E-state index >= 15 is 4.39 Å². The first-order valence-corrected chi connectivity index (χ1v) is 14.8. The molecule has 1 unspecified atom stereocenters. The molecule has 2 saturated heterocycles. The minimum Gasteiger partial charge on any atom is -0.308 e. The van der Waals surface area contributed by atoms with Crippen LogP contribution in [0.4, 0.5) is 4.39 Å². The van der Waals surface area contributed by atoms with Crippen LogP contribution in [0.3, 0.4) is 0 Å². The lowest BCUT2D eigenvalue weighted by atomic mass is 9.96. The number of nitriles is 1. The molecule has 0 aliphatic carbocycles. The number of nitrogens with zero attached hydrogens (tertiary/aromatic N) is 4. The number of carbonyl (C=O) groups excluding carboxylic acids is 2. The standard InChI is InChI=1S/C34H32ClFN4O2/c1-33(36)20-34(21-37,39-15-3-2-4-16-39)40(22-33)32(42)12-11-31(41)28-13-14-38-30-10-8-26(19-29(28)30)23-5-6-25-18-27(35)9-7-24(25)17-23/h5-10,13-14,17-19H,2-4,11-12,15-16,20,22H2,1H3/t33?,34-/m0/s1. The zero-order valence-electron chi connectivity index (χ0n) is 23.6. The number of aromatic nitrogens is 1. The van der Waals surface area contributed by atoms with Crippen LogP contribution >= 0.6 is 11.6 Å². The molecule has 2 atom stereocenters. The summed E-state index contributed by atoms with van der Waals surface area (Å²) in [4.78, 5) is 34.9. The molecule has 2 aliphatic heterocycles. The number of hydrogen-bond donors (Lipinski definition) is 0. The number of rotatable bonds is 6. The summed E-state index contributed by atoms with van der Waals surface area (Å²) in [6.07, 6.45) is 4.31. The number of halogens is 2. The van der Waals surface area contributed by atoms with Gasteiger partial charge in [0.05, 0.1) is 12.1 Å². The summed E-state index contributed by atoms with van der Waals surface area (Å²) < 4.78 is 15.3. The third-order valence-electron chi connectivity index (χ3n) is 8.65. The van der Waals surface area contributed by atoms with Crippen LogP contribution < -0.4 is 0 Å². The molecule has 42 heavy (non-hydrogen) atoms. The van der Waals surface area contributed by atoms with Crippen molar-refractivity contribution in [1.82, 2.24) is 14.8 Å². The molecule has 0 saturated carbocycles. The maximum atomic E-state index is 15.3. The van der Waals surface area contributed by atoms with E-state index in [0.29, 0.717) is 34.6 Å². The molecular weight excluding hydrogens is 551 g/mol. The van der Waals surface area contributed by atoms with Gasteiger partial charge in [-0.25, -0.2) is 4.39 Å². The Labute approximate surface area is 249 Å². The molecule has 0 bridgehead atoms. The Morgan fingerprint density at radius 1 is 0.976 bits per heavy atom. The van der Waals surface area contributed by atoms with Gasteiger partial charge < -0.3 is 4.90 Å². The van der Waals surface area contributed by atoms with Crippen LogP contribution in [0.5, 0.6) is 0 Å². The fourth-order valence-electron chi connectivity index (χ4n) is 6.59. The van der Waals surface area contributed by atoms with Crippen molar-refractivity contribution in [2.75, 3.05) is 19.6 Å². The summed E-state index contributed by atoms with van der Waals surface area (Å²) in [5.41, 5.74) is 0.133. The van der Waals surface area contributed by atoms with Crippen molar-refractivity contribution in [3.8, 4) is 17.2 Å². The summed E-state index contributed by atoms with van der Waals surface area (Å²) in [6, 6.07) is 21.7. The highest BCUT2D eigenvalue weighted by Gasteiger charge is 2.57. The van der Waals surface area contributed by atoms with Gasteiger partial charge in [-0.2, -0.15) is 5.26 Å². The number of benzene rings is 3. The Balaban J connectivity index is 1.24. The Bertz CT molecular complexity index is 1740. The van der Waals surface area contributed by atoms with E-state index in [1.54, 1.807) is 12.3 Å². The lowest BCUT2D eigenvalue weighted by Crippen LogP contribution is -2.59. The van der Waals surface area contributed by atoms with Crippen molar-refractivity contribution < 1.29 is 14.0 Å². The van der Waals surface area contributed by atoms with E-state index in [0.717, 1.165) is 41.2 Å². The quantitative estimate of drug-likeness (QED) is 0.222. The topological polar surface area (TPSA) is 77.3 Å². The van der Waals surface area contributed by atoms with Gasteiger partial charge in [-0.05, 0) is 78.1 Å². The monoisotopic (exact) mass is 582 g/mol. The molecule has 8 heteroatoms. The number of ketones is 1. The third kappa shape index (κ3) is 5.26. The third-order valence-corrected chi connectivity index (χ3v) is 8.89. The fraction of sp³-hybridized carbons (Fsp3) is 0.353. The zero-order valence-corrected chi connectivity index (χ0v) is 24.3. The van der Waals surface area contributed by atoms with Crippen LogP contribution in [-0.4, -0.2) is 57.4 Å². The second kappa shape index (κ2) is 11.1. The normalized spacial score (nSPS) is 22.9. The van der Waals surface area contributed by atoms with E-state index in [9.17, 15) is 14.9 Å². The van der Waals surface area contributed by atoms with E-state index in [1.807, 2.05) is 53.4 Å². The van der Waals surface area contributed by atoms with E-state index in [1.165, 1.54) is 11.8 Å². The summed E-state index contributed by atoms with van der Waals surface area (Å²) in [7, 11) is 0. The molecule has 0 N–H and O–H groups in total. The minimum absolute atomic E-state index is 0.0417. The number of amides is 1. The van der Waals surface area contributed by atoms with Crippen molar-refractivity contribution >= 4 is 45.0 Å². The van der Waals surface area contributed by atoms with Crippen molar-refractivity contribution in [2.45, 2.75) is 56.8 Å². The molecule has 0 spiro atoms. The molecule has 6 rings (SSSR count). The van der Waals surface area contributed by atoms with Crippen molar-refractivity contribution in [2.24, 2.45) is 0 Å². The van der Waals surface area contributed by atoms with Gasteiger partial charge in [0, 0.05) is 54.5 Å². The molecule has 214 valence electrons. The summed E-state index contributed by atoms with van der Waals surface area (Å²) in [6.45, 7) is 2.61. The molecule has 3 heterocycles. The highest BCUT2D eigenvalue weighted by molar-refractivity contribution is 6.31. The predicted octanol–water partition coefficient (Wildman–Crippen LogP) is 7.34. The molecule has 4 aromatic rings. The van der Waals surface area contributed by atoms with Gasteiger partial charge >= 0.3 is 0 Å². The fourth-order valence-corrected chi connectivity index (χ4v) is 6.77. The van der Waals surface area contributed by atoms with Gasteiger partial charge in [-0.15, -0.1) is 0 Å². The maximum Gasteiger partial charge on any atom is 0.225 e. The van der Waals surface area contributed by atoms with E-state index in [2.05, 4.69) is 17.1 Å². The van der Waals surface area contributed by atoms with Gasteiger partial charge in [-0.1, -0.05) is 42.3 Å². The number of alkyl halides is 1. The van der Waals surface area contributed by atoms with Gasteiger partial charge in [-0.3, -0.25) is 19.5 Å². The Kier molecular flexibility index (Phi) is 7.46. The number of piperidine rings is 1. The van der Waals surface area contributed by atoms with Gasteiger partial charge in [0.25, 0.3) is 0 Å². The average Bonchev–Trinajstić information content (AvgIpc) is 3.31. The number of likely N-dealkylation sites (tertiary alicyclic amines) is 2. The number of carbonyl (C=O) groups is 2. The summed E-state index contributed by atoms with van der Waals surface area (Å²) in [5, 5.41) is 13.7. The van der Waals surface area contributed by atoms with Gasteiger partial charge in [0.15, 0.2) is 11.4 Å². The highest BCUT2D eigenvalue weighted by Crippen LogP contribution is 2.42. The SMILES string of the molecule is CC1(F)CN(C(=O)CCC(=O)c2ccnc3ccc(-c4ccc5cc(Cl)ccc5c4)cc23)[C@@](C#N)(N2CCCCC2)C1. The smallest absolute Gasteiger partial charge is 0.225 e. The lowest BCUT2D eigenvalue weighted by molar-refractivity contribution is -0.140. The molecule has 2 aliphatic rings. The number of fused-ring (bicyclic) bond motifs is 2. The largest absolute Gasteiger partial charge is 0.308 e. The molecule has 3 aromatic carbocycles. The van der Waals surface area contributed by atoms with E-state index in [4.69, 9.17) is 11.6 Å². The molecule has 2 fully saturated rings. The van der Waals surface area contributed by atoms with Crippen LogP contribution in [0.15, 0.2) is 66.9 Å². The Morgan fingerprint density at radius 2 is 1.69 bits per heavy atom. The van der Waals surface area contributed by atoms with Crippen LogP contribution in [0.2, 0.25) is 5.02 Å². The molecule has 1 amide bonds. The summed E-state index contributed by atoms with van der Waals surface area (Å²) in [5.74, 6) is -0.559. The van der Waals surface area contributed by atoms with Crippen molar-refractivity contribution in [3.63, 3.8) is 0 Å². The average molecular weight is 583 g/mol. The van der Waals surface area contributed by atoms with Gasteiger partial charge in [0.1, 0.15) is 11.7 Å². The van der Waals surface area contributed by atoms with E-state index in [-0.39, 0.29) is 37.5 Å². The predicted molar refractivity (Wildman–Crippen MR) is 163 cm³/mol.